The Morgan fingerprint density at radius 2 is 1.96 bits per heavy atom. The van der Waals surface area contributed by atoms with Crippen molar-refractivity contribution >= 4 is 5.91 Å². The van der Waals surface area contributed by atoms with Crippen LogP contribution in [0.3, 0.4) is 0 Å². The van der Waals surface area contributed by atoms with Crippen molar-refractivity contribution in [2.45, 2.75) is 39.3 Å². The smallest absolute Gasteiger partial charge is 0.224 e. The second-order valence-electron chi connectivity index (χ2n) is 6.99. The first kappa shape index (κ1) is 17.5. The van der Waals surface area contributed by atoms with Crippen molar-refractivity contribution in [3.8, 4) is 6.07 Å². The number of benzene rings is 1. The summed E-state index contributed by atoms with van der Waals surface area (Å²) in [4.78, 5) is 13.8. The lowest BCUT2D eigenvalue weighted by Gasteiger charge is -2.34. The summed E-state index contributed by atoms with van der Waals surface area (Å²) in [7, 11) is 0. The Balaban J connectivity index is 1.75. The van der Waals surface area contributed by atoms with E-state index in [4.69, 9.17) is 11.0 Å². The second-order valence-corrected chi connectivity index (χ2v) is 6.99. The lowest BCUT2D eigenvalue weighted by atomic mass is 9.91. The molecule has 5 nitrogen and oxygen atoms in total. The number of nitrogens with two attached hydrogens (primary N) is 1. The lowest BCUT2D eigenvalue weighted by Crippen LogP contribution is -2.47. The van der Waals surface area contributed by atoms with E-state index in [-0.39, 0.29) is 5.91 Å². The molecule has 0 aliphatic carbocycles. The third-order valence-electron chi connectivity index (χ3n) is 4.58. The fraction of sp³-hybridized carbons (Fsp3) is 0.556. The van der Waals surface area contributed by atoms with Crippen LogP contribution in [0, 0.1) is 16.7 Å². The average Bonchev–Trinajstić information content (AvgIpc) is 2.55. The van der Waals surface area contributed by atoms with Gasteiger partial charge in [0.15, 0.2) is 0 Å². The van der Waals surface area contributed by atoms with Crippen LogP contribution in [0.4, 0.5) is 0 Å². The third kappa shape index (κ3) is 5.05. The van der Waals surface area contributed by atoms with Crippen LogP contribution in [0.25, 0.3) is 0 Å². The fourth-order valence-corrected chi connectivity index (χ4v) is 2.72. The zero-order valence-electron chi connectivity index (χ0n) is 14.0. The van der Waals surface area contributed by atoms with Gasteiger partial charge in [-0.1, -0.05) is 12.1 Å². The van der Waals surface area contributed by atoms with Gasteiger partial charge in [-0.3, -0.25) is 9.69 Å². The van der Waals surface area contributed by atoms with E-state index in [1.807, 2.05) is 38.1 Å². The first-order chi connectivity index (χ1) is 10.9. The zero-order valence-corrected chi connectivity index (χ0v) is 14.0. The maximum atomic E-state index is 11.3. The average molecular weight is 314 g/mol. The van der Waals surface area contributed by atoms with Crippen LogP contribution in [-0.4, -0.2) is 36.5 Å². The van der Waals surface area contributed by atoms with Gasteiger partial charge in [-0.15, -0.1) is 0 Å². The van der Waals surface area contributed by atoms with E-state index in [1.54, 1.807) is 0 Å². The number of carbonyl (C=O) groups excluding carboxylic acids is 1. The van der Waals surface area contributed by atoms with Crippen molar-refractivity contribution in [3.63, 3.8) is 0 Å². The number of piperidine rings is 1. The SMILES string of the molecule is CC(C)(CNC1CCN(Cc2ccc(C#N)cc2)CC1)C(N)=O. The summed E-state index contributed by atoms with van der Waals surface area (Å²) >= 11 is 0. The summed E-state index contributed by atoms with van der Waals surface area (Å²) in [5.41, 5.74) is 6.85. The molecule has 1 aromatic rings. The lowest BCUT2D eigenvalue weighted by molar-refractivity contribution is -0.125. The molecule has 0 spiro atoms. The van der Waals surface area contributed by atoms with Gasteiger partial charge in [0.05, 0.1) is 17.0 Å². The Bertz CT molecular complexity index is 566. The Labute approximate surface area is 138 Å². The van der Waals surface area contributed by atoms with Gasteiger partial charge in [0.25, 0.3) is 0 Å². The minimum absolute atomic E-state index is 0.261. The molecule has 124 valence electrons. The molecule has 1 fully saturated rings. The normalized spacial score (nSPS) is 16.9. The number of nitrogens with zero attached hydrogens (tertiary/aromatic N) is 2. The van der Waals surface area contributed by atoms with Crippen LogP contribution >= 0.6 is 0 Å². The van der Waals surface area contributed by atoms with Gasteiger partial charge in [0.2, 0.25) is 5.91 Å². The molecule has 23 heavy (non-hydrogen) atoms. The minimum Gasteiger partial charge on any atom is -0.369 e. The first-order valence-electron chi connectivity index (χ1n) is 8.15. The first-order valence-corrected chi connectivity index (χ1v) is 8.15. The van der Waals surface area contributed by atoms with E-state index in [0.29, 0.717) is 18.2 Å². The number of nitriles is 1. The Kier molecular flexibility index (Phi) is 5.75. The van der Waals surface area contributed by atoms with Gasteiger partial charge in [0, 0.05) is 19.1 Å². The van der Waals surface area contributed by atoms with Crippen molar-refractivity contribution in [1.29, 1.82) is 5.26 Å². The van der Waals surface area contributed by atoms with E-state index in [2.05, 4.69) is 16.3 Å². The number of rotatable bonds is 6. The molecule has 0 bridgehead atoms. The monoisotopic (exact) mass is 314 g/mol. The van der Waals surface area contributed by atoms with E-state index in [9.17, 15) is 4.79 Å². The van der Waals surface area contributed by atoms with Gasteiger partial charge in [-0.25, -0.2) is 0 Å². The van der Waals surface area contributed by atoms with E-state index in [0.717, 1.165) is 32.5 Å². The Morgan fingerprint density at radius 3 is 2.48 bits per heavy atom. The highest BCUT2D eigenvalue weighted by Crippen LogP contribution is 2.17. The molecule has 0 atom stereocenters. The number of amides is 1. The summed E-state index contributed by atoms with van der Waals surface area (Å²) in [5.74, 6) is -0.261. The van der Waals surface area contributed by atoms with Gasteiger partial charge in [0.1, 0.15) is 0 Å². The van der Waals surface area contributed by atoms with Crippen molar-refractivity contribution in [2.24, 2.45) is 11.1 Å². The number of hydrogen-bond acceptors (Lipinski definition) is 4. The van der Waals surface area contributed by atoms with Crippen LogP contribution in [0.2, 0.25) is 0 Å². The number of nitrogens with one attached hydrogen (secondary N) is 1. The molecule has 3 N–H and O–H groups in total. The van der Waals surface area contributed by atoms with Crippen molar-refractivity contribution < 1.29 is 4.79 Å². The Morgan fingerprint density at radius 1 is 1.35 bits per heavy atom. The highest BCUT2D eigenvalue weighted by Gasteiger charge is 2.27. The molecule has 2 rings (SSSR count). The van der Waals surface area contributed by atoms with Crippen molar-refractivity contribution in [2.75, 3.05) is 19.6 Å². The minimum atomic E-state index is -0.500. The Hall–Kier alpha value is -1.90. The van der Waals surface area contributed by atoms with Crippen molar-refractivity contribution in [1.82, 2.24) is 10.2 Å². The van der Waals surface area contributed by atoms with Crippen molar-refractivity contribution in [3.05, 3.63) is 35.4 Å². The predicted octanol–water partition coefficient (Wildman–Crippen LogP) is 1.62. The van der Waals surface area contributed by atoms with Gasteiger partial charge < -0.3 is 11.1 Å². The number of likely N-dealkylation sites (tertiary alicyclic amines) is 1. The molecule has 0 radical (unpaired) electrons. The summed E-state index contributed by atoms with van der Waals surface area (Å²) in [6.07, 6.45) is 2.15. The summed E-state index contributed by atoms with van der Waals surface area (Å²) in [5, 5.41) is 12.3. The maximum Gasteiger partial charge on any atom is 0.224 e. The molecule has 1 aliphatic rings. The van der Waals surface area contributed by atoms with E-state index >= 15 is 0 Å². The summed E-state index contributed by atoms with van der Waals surface area (Å²) < 4.78 is 0. The molecule has 1 amide bonds. The molecular weight excluding hydrogens is 288 g/mol. The molecule has 1 aliphatic heterocycles. The van der Waals surface area contributed by atoms with Gasteiger partial charge in [-0.05, 0) is 57.5 Å². The molecule has 0 saturated carbocycles. The largest absolute Gasteiger partial charge is 0.369 e. The molecule has 5 heteroatoms. The maximum absolute atomic E-state index is 11.3. The zero-order chi connectivity index (χ0) is 16.9. The molecule has 0 unspecified atom stereocenters. The predicted molar refractivity (Wildman–Crippen MR) is 90.4 cm³/mol. The molecule has 0 aromatic heterocycles. The second kappa shape index (κ2) is 7.58. The van der Waals surface area contributed by atoms with Gasteiger partial charge in [-0.2, -0.15) is 5.26 Å². The van der Waals surface area contributed by atoms with E-state index in [1.165, 1.54) is 5.56 Å². The number of carbonyl (C=O) groups is 1. The van der Waals surface area contributed by atoms with Crippen LogP contribution < -0.4 is 11.1 Å². The van der Waals surface area contributed by atoms with E-state index < -0.39 is 5.41 Å². The summed E-state index contributed by atoms with van der Waals surface area (Å²) in [6.45, 7) is 7.38. The standard InChI is InChI=1S/C18H26N4O/c1-18(2,17(20)23)13-21-16-7-9-22(10-8-16)12-15-5-3-14(11-19)4-6-15/h3-6,16,21H,7-10,12-13H2,1-2H3,(H2,20,23). The molecular formula is C18H26N4O. The molecule has 1 saturated heterocycles. The highest BCUT2D eigenvalue weighted by atomic mass is 16.1. The number of hydrogen-bond donors (Lipinski definition) is 2. The quantitative estimate of drug-likeness (QED) is 0.836. The topological polar surface area (TPSA) is 82.2 Å². The van der Waals surface area contributed by atoms with Gasteiger partial charge >= 0.3 is 0 Å². The highest BCUT2D eigenvalue weighted by molar-refractivity contribution is 5.80. The summed E-state index contributed by atoms with van der Waals surface area (Å²) in [6, 6.07) is 10.4. The number of primary amides is 1. The van der Waals surface area contributed by atoms with Crippen LogP contribution in [-0.2, 0) is 11.3 Å². The van der Waals surface area contributed by atoms with Crippen LogP contribution in [0.15, 0.2) is 24.3 Å². The fourth-order valence-electron chi connectivity index (χ4n) is 2.72. The third-order valence-corrected chi connectivity index (χ3v) is 4.58. The molecule has 1 heterocycles. The molecule has 1 aromatic carbocycles. The van der Waals surface area contributed by atoms with Crippen LogP contribution in [0.5, 0.6) is 0 Å². The van der Waals surface area contributed by atoms with Crippen LogP contribution in [0.1, 0.15) is 37.8 Å².